The van der Waals surface area contributed by atoms with Crippen LogP contribution in [0.1, 0.15) is 36.6 Å². The number of rotatable bonds is 8. The topological polar surface area (TPSA) is 72.7 Å². The fraction of sp³-hybridized carbons (Fsp3) is 0.333. The minimum atomic E-state index is -0.0885. The van der Waals surface area contributed by atoms with Crippen molar-refractivity contribution in [3.05, 3.63) is 51.5 Å². The summed E-state index contributed by atoms with van der Waals surface area (Å²) in [6.07, 6.45) is 5.79. The molecule has 0 aliphatic heterocycles. The summed E-state index contributed by atoms with van der Waals surface area (Å²) >= 11 is 4.71. The Morgan fingerprint density at radius 1 is 1.12 bits per heavy atom. The molecule has 170 valence electrons. The van der Waals surface area contributed by atoms with Gasteiger partial charge in [0.05, 0.1) is 11.4 Å². The summed E-state index contributed by atoms with van der Waals surface area (Å²) in [5.41, 5.74) is 4.58. The van der Waals surface area contributed by atoms with Gasteiger partial charge in [-0.1, -0.05) is 49.0 Å². The summed E-state index contributed by atoms with van der Waals surface area (Å²) in [7, 11) is 0. The standard InChI is InChI=1S/C24H25N5OS3/c1-2-12-29-22(18-13-31-20-11-7-6-10-17(18)20)27-28-24(29)33-15-21(30)26-23-25-19(14-32-23)16-8-4-3-5-9-16/h3-5,8-9,13-14H,2,6-7,10-12,15H2,1H3,(H,25,26,30). The van der Waals surface area contributed by atoms with Gasteiger partial charge in [0.15, 0.2) is 16.1 Å². The number of carbonyl (C=O) groups is 1. The number of hydrogen-bond acceptors (Lipinski definition) is 7. The van der Waals surface area contributed by atoms with E-state index in [4.69, 9.17) is 0 Å². The molecule has 0 saturated heterocycles. The third-order valence-corrected chi connectivity index (χ3v) is 8.43. The van der Waals surface area contributed by atoms with Crippen molar-refractivity contribution >= 4 is 45.5 Å². The second-order valence-electron chi connectivity index (χ2n) is 7.96. The second kappa shape index (κ2) is 10.2. The molecule has 1 amide bonds. The third-order valence-electron chi connectivity index (χ3n) is 5.62. The maximum Gasteiger partial charge on any atom is 0.236 e. The van der Waals surface area contributed by atoms with Crippen molar-refractivity contribution in [3.63, 3.8) is 0 Å². The van der Waals surface area contributed by atoms with E-state index < -0.39 is 0 Å². The van der Waals surface area contributed by atoms with Gasteiger partial charge in [-0.15, -0.1) is 32.9 Å². The number of aryl methyl sites for hydroxylation is 1. The normalized spacial score (nSPS) is 13.1. The van der Waals surface area contributed by atoms with E-state index in [1.165, 1.54) is 58.4 Å². The average Bonchev–Trinajstić information content (AvgIpc) is 3.57. The summed E-state index contributed by atoms with van der Waals surface area (Å²) < 4.78 is 2.17. The number of hydrogen-bond donors (Lipinski definition) is 1. The first-order chi connectivity index (χ1) is 16.2. The molecule has 33 heavy (non-hydrogen) atoms. The summed E-state index contributed by atoms with van der Waals surface area (Å²) in [6, 6.07) is 9.97. The zero-order valence-corrected chi connectivity index (χ0v) is 20.9. The summed E-state index contributed by atoms with van der Waals surface area (Å²) in [4.78, 5) is 18.6. The largest absolute Gasteiger partial charge is 0.302 e. The maximum absolute atomic E-state index is 12.6. The zero-order chi connectivity index (χ0) is 22.6. The molecule has 0 unspecified atom stereocenters. The van der Waals surface area contributed by atoms with Crippen LogP contribution in [-0.2, 0) is 24.2 Å². The fourth-order valence-corrected chi connectivity index (χ4v) is 6.68. The number of aromatic nitrogens is 4. The van der Waals surface area contributed by atoms with Gasteiger partial charge in [-0.3, -0.25) is 4.79 Å². The molecule has 0 spiro atoms. The Hall–Kier alpha value is -2.49. The van der Waals surface area contributed by atoms with Crippen LogP contribution in [0.3, 0.4) is 0 Å². The van der Waals surface area contributed by atoms with Crippen LogP contribution in [0.2, 0.25) is 0 Å². The van der Waals surface area contributed by atoms with Crippen LogP contribution in [0.25, 0.3) is 22.6 Å². The van der Waals surface area contributed by atoms with Crippen LogP contribution < -0.4 is 5.32 Å². The second-order valence-corrected chi connectivity index (χ2v) is 10.7. The number of carbonyl (C=O) groups excluding carboxylic acids is 1. The van der Waals surface area contributed by atoms with Crippen LogP contribution in [0.15, 0.2) is 46.2 Å². The smallest absolute Gasteiger partial charge is 0.236 e. The number of thiophene rings is 1. The predicted octanol–water partition coefficient (Wildman–Crippen LogP) is 6.15. The van der Waals surface area contributed by atoms with Gasteiger partial charge in [-0.25, -0.2) is 4.98 Å². The van der Waals surface area contributed by atoms with Crippen molar-refractivity contribution in [3.8, 4) is 22.6 Å². The van der Waals surface area contributed by atoms with Crippen molar-refractivity contribution < 1.29 is 4.79 Å². The SMILES string of the molecule is CCCn1c(SCC(=O)Nc2nc(-c3ccccc3)cs2)nnc1-c1csc2c1CCCC2. The van der Waals surface area contributed by atoms with Gasteiger partial charge in [0.25, 0.3) is 0 Å². The van der Waals surface area contributed by atoms with Gasteiger partial charge >= 0.3 is 0 Å². The van der Waals surface area contributed by atoms with Crippen molar-refractivity contribution in [1.29, 1.82) is 0 Å². The van der Waals surface area contributed by atoms with Crippen LogP contribution in [0.4, 0.5) is 5.13 Å². The third kappa shape index (κ3) is 4.90. The van der Waals surface area contributed by atoms with Gasteiger partial charge in [-0.05, 0) is 37.7 Å². The van der Waals surface area contributed by atoms with Crippen molar-refractivity contribution in [2.45, 2.75) is 50.7 Å². The van der Waals surface area contributed by atoms with E-state index in [9.17, 15) is 4.79 Å². The molecular weight excluding hydrogens is 470 g/mol. The van der Waals surface area contributed by atoms with Gasteiger partial charge in [0, 0.05) is 33.3 Å². The number of anilines is 1. The Morgan fingerprint density at radius 2 is 1.97 bits per heavy atom. The Bertz CT molecular complexity index is 1240. The molecule has 0 atom stereocenters. The molecule has 6 nitrogen and oxygen atoms in total. The molecule has 1 aliphatic carbocycles. The van der Waals surface area contributed by atoms with Crippen LogP contribution in [-0.4, -0.2) is 31.4 Å². The molecule has 0 radical (unpaired) electrons. The first kappa shape index (κ1) is 22.3. The number of nitrogens with one attached hydrogen (secondary N) is 1. The lowest BCUT2D eigenvalue weighted by Gasteiger charge is -2.13. The highest BCUT2D eigenvalue weighted by Crippen LogP contribution is 2.37. The molecule has 1 aliphatic rings. The van der Waals surface area contributed by atoms with E-state index in [1.807, 2.05) is 47.0 Å². The van der Waals surface area contributed by atoms with E-state index in [1.54, 1.807) is 0 Å². The number of nitrogens with zero attached hydrogens (tertiary/aromatic N) is 4. The lowest BCUT2D eigenvalue weighted by atomic mass is 9.95. The monoisotopic (exact) mass is 495 g/mol. The van der Waals surface area contributed by atoms with E-state index in [0.717, 1.165) is 41.6 Å². The molecule has 1 aromatic carbocycles. The molecule has 3 aromatic heterocycles. The Labute approximate surface area is 205 Å². The first-order valence-electron chi connectivity index (χ1n) is 11.2. The van der Waals surface area contributed by atoms with Gasteiger partial charge in [0.1, 0.15) is 0 Å². The molecule has 0 bridgehead atoms. The quantitative estimate of drug-likeness (QED) is 0.297. The molecule has 0 saturated carbocycles. The van der Waals surface area contributed by atoms with Crippen molar-refractivity contribution in [1.82, 2.24) is 19.7 Å². The van der Waals surface area contributed by atoms with E-state index in [2.05, 4.69) is 37.4 Å². The summed E-state index contributed by atoms with van der Waals surface area (Å²) in [5.74, 6) is 1.12. The molecule has 3 heterocycles. The summed E-state index contributed by atoms with van der Waals surface area (Å²) in [5, 5.41) is 17.5. The molecule has 1 N–H and O–H groups in total. The lowest BCUT2D eigenvalue weighted by Crippen LogP contribution is -2.14. The molecule has 9 heteroatoms. The van der Waals surface area contributed by atoms with Gasteiger partial charge in [-0.2, -0.15) is 0 Å². The highest BCUT2D eigenvalue weighted by molar-refractivity contribution is 7.99. The number of thiazole rings is 1. The molecule has 5 rings (SSSR count). The first-order valence-corrected chi connectivity index (χ1v) is 13.9. The Morgan fingerprint density at radius 3 is 2.82 bits per heavy atom. The minimum Gasteiger partial charge on any atom is -0.302 e. The number of thioether (sulfide) groups is 1. The zero-order valence-electron chi connectivity index (χ0n) is 18.4. The Kier molecular flexibility index (Phi) is 6.89. The minimum absolute atomic E-state index is 0.0885. The maximum atomic E-state index is 12.6. The number of fused-ring (bicyclic) bond motifs is 1. The van der Waals surface area contributed by atoms with E-state index in [-0.39, 0.29) is 11.7 Å². The summed E-state index contributed by atoms with van der Waals surface area (Å²) in [6.45, 7) is 2.99. The highest BCUT2D eigenvalue weighted by Gasteiger charge is 2.22. The lowest BCUT2D eigenvalue weighted by molar-refractivity contribution is -0.113. The fourth-order valence-electron chi connectivity index (χ4n) is 4.06. The molecule has 0 fully saturated rings. The highest BCUT2D eigenvalue weighted by atomic mass is 32.2. The molecular formula is C24H25N5OS3. The van der Waals surface area contributed by atoms with E-state index in [0.29, 0.717) is 5.13 Å². The average molecular weight is 496 g/mol. The Balaban J connectivity index is 1.27. The van der Waals surface area contributed by atoms with Crippen LogP contribution in [0.5, 0.6) is 0 Å². The predicted molar refractivity (Wildman–Crippen MR) is 137 cm³/mol. The van der Waals surface area contributed by atoms with Crippen LogP contribution >= 0.6 is 34.4 Å². The van der Waals surface area contributed by atoms with E-state index >= 15 is 0 Å². The van der Waals surface area contributed by atoms with Crippen molar-refractivity contribution in [2.24, 2.45) is 0 Å². The number of benzene rings is 1. The van der Waals surface area contributed by atoms with Gasteiger partial charge in [0.2, 0.25) is 5.91 Å². The molecule has 4 aromatic rings. The number of amides is 1. The van der Waals surface area contributed by atoms with Crippen LogP contribution in [0, 0.1) is 0 Å². The van der Waals surface area contributed by atoms with Gasteiger partial charge < -0.3 is 9.88 Å². The van der Waals surface area contributed by atoms with Crippen molar-refractivity contribution in [2.75, 3.05) is 11.1 Å².